The van der Waals surface area contributed by atoms with Crippen LogP contribution >= 0.6 is 12.4 Å². The second-order valence-electron chi connectivity index (χ2n) is 5.35. The van der Waals surface area contributed by atoms with Gasteiger partial charge in [0.15, 0.2) is 0 Å². The van der Waals surface area contributed by atoms with E-state index in [2.05, 4.69) is 13.8 Å². The van der Waals surface area contributed by atoms with Crippen molar-refractivity contribution in [3.8, 4) is 0 Å². The molecule has 1 aromatic rings. The molecule has 1 rings (SSSR count). The van der Waals surface area contributed by atoms with E-state index < -0.39 is 6.10 Å². The van der Waals surface area contributed by atoms with E-state index in [4.69, 9.17) is 11.1 Å². The Balaban J connectivity index is 0.00000361. The van der Waals surface area contributed by atoms with Crippen LogP contribution in [0.2, 0.25) is 0 Å². The molecule has 4 N–H and O–H groups in total. The standard InChI is InChI=1S/C16H26N2O.ClH/c1-3-12(2)6-4-5-7-15(19)13-8-10-14(11-9-13)16(17)18;/h8-12,15,19H,3-7H2,1-2H3,(H3,17,18);1H. The zero-order valence-electron chi connectivity index (χ0n) is 12.4. The number of rotatable bonds is 8. The van der Waals surface area contributed by atoms with Crippen molar-refractivity contribution in [2.45, 2.75) is 52.1 Å². The summed E-state index contributed by atoms with van der Waals surface area (Å²) in [7, 11) is 0. The topological polar surface area (TPSA) is 70.1 Å². The zero-order chi connectivity index (χ0) is 14.3. The minimum Gasteiger partial charge on any atom is -0.388 e. The molecule has 0 radical (unpaired) electrons. The molecule has 0 aliphatic rings. The number of hydrogen-bond donors (Lipinski definition) is 3. The summed E-state index contributed by atoms with van der Waals surface area (Å²) >= 11 is 0. The lowest BCUT2D eigenvalue weighted by Crippen LogP contribution is -2.11. The van der Waals surface area contributed by atoms with Crippen LogP contribution in [-0.2, 0) is 0 Å². The van der Waals surface area contributed by atoms with Crippen LogP contribution in [0.1, 0.15) is 63.2 Å². The largest absolute Gasteiger partial charge is 0.388 e. The second-order valence-corrected chi connectivity index (χ2v) is 5.35. The number of hydrogen-bond acceptors (Lipinski definition) is 2. The molecule has 114 valence electrons. The molecule has 0 fully saturated rings. The van der Waals surface area contributed by atoms with E-state index >= 15 is 0 Å². The molecule has 0 spiro atoms. The number of nitrogen functional groups attached to an aromatic ring is 1. The summed E-state index contributed by atoms with van der Waals surface area (Å²) in [5.74, 6) is 0.849. The van der Waals surface area contributed by atoms with Gasteiger partial charge >= 0.3 is 0 Å². The van der Waals surface area contributed by atoms with E-state index in [9.17, 15) is 5.11 Å². The van der Waals surface area contributed by atoms with E-state index in [0.29, 0.717) is 5.56 Å². The summed E-state index contributed by atoms with van der Waals surface area (Å²) in [6.07, 6.45) is 5.10. The van der Waals surface area contributed by atoms with Crippen molar-refractivity contribution >= 4 is 18.2 Å². The van der Waals surface area contributed by atoms with Gasteiger partial charge in [-0.15, -0.1) is 12.4 Å². The number of nitrogens with two attached hydrogens (primary N) is 1. The van der Waals surface area contributed by atoms with Crippen LogP contribution in [0.5, 0.6) is 0 Å². The minimum absolute atomic E-state index is 0. The molecule has 0 amide bonds. The van der Waals surface area contributed by atoms with Crippen molar-refractivity contribution < 1.29 is 5.11 Å². The van der Waals surface area contributed by atoms with Gasteiger partial charge in [-0.2, -0.15) is 0 Å². The van der Waals surface area contributed by atoms with Gasteiger partial charge in [-0.25, -0.2) is 0 Å². The highest BCUT2D eigenvalue weighted by molar-refractivity contribution is 5.94. The van der Waals surface area contributed by atoms with E-state index in [1.165, 1.54) is 19.3 Å². The Bertz CT molecular complexity index is 392. The monoisotopic (exact) mass is 298 g/mol. The lowest BCUT2D eigenvalue weighted by Gasteiger charge is -2.12. The van der Waals surface area contributed by atoms with Gasteiger partial charge in [0.2, 0.25) is 0 Å². The van der Waals surface area contributed by atoms with Gasteiger partial charge in [0.05, 0.1) is 6.10 Å². The summed E-state index contributed by atoms with van der Waals surface area (Å²) in [6.45, 7) is 4.49. The molecule has 0 bridgehead atoms. The normalized spacial score (nSPS) is 13.3. The van der Waals surface area contributed by atoms with Gasteiger partial charge < -0.3 is 10.8 Å². The Labute approximate surface area is 128 Å². The first-order valence-electron chi connectivity index (χ1n) is 7.17. The highest BCUT2D eigenvalue weighted by atomic mass is 35.5. The quantitative estimate of drug-likeness (QED) is 0.385. The number of aliphatic hydroxyl groups is 1. The molecule has 2 unspecified atom stereocenters. The first-order valence-corrected chi connectivity index (χ1v) is 7.17. The molecule has 0 saturated heterocycles. The first-order chi connectivity index (χ1) is 9.04. The van der Waals surface area contributed by atoms with Gasteiger partial charge in [0.25, 0.3) is 0 Å². The Kier molecular flexibility index (Phi) is 9.26. The lowest BCUT2D eigenvalue weighted by atomic mass is 9.97. The molecular weight excluding hydrogens is 272 g/mol. The van der Waals surface area contributed by atoms with E-state index in [-0.39, 0.29) is 18.2 Å². The van der Waals surface area contributed by atoms with Crippen molar-refractivity contribution in [1.82, 2.24) is 0 Å². The Morgan fingerprint density at radius 2 is 1.75 bits per heavy atom. The number of aliphatic hydroxyl groups excluding tert-OH is 1. The maximum atomic E-state index is 10.1. The highest BCUT2D eigenvalue weighted by Crippen LogP contribution is 2.21. The number of halogens is 1. The third-order valence-corrected chi connectivity index (χ3v) is 3.73. The molecule has 3 nitrogen and oxygen atoms in total. The van der Waals surface area contributed by atoms with Crippen LogP contribution in [0.15, 0.2) is 24.3 Å². The molecule has 0 saturated carbocycles. The summed E-state index contributed by atoms with van der Waals surface area (Å²) in [4.78, 5) is 0. The van der Waals surface area contributed by atoms with E-state index in [1.807, 2.05) is 12.1 Å². The van der Waals surface area contributed by atoms with Gasteiger partial charge in [-0.3, -0.25) is 5.41 Å². The van der Waals surface area contributed by atoms with E-state index in [0.717, 1.165) is 24.3 Å². The summed E-state index contributed by atoms with van der Waals surface area (Å²) in [5.41, 5.74) is 7.01. The van der Waals surface area contributed by atoms with Crippen molar-refractivity contribution in [1.29, 1.82) is 5.41 Å². The number of amidine groups is 1. The molecule has 1 aromatic carbocycles. The third kappa shape index (κ3) is 6.40. The fraction of sp³-hybridized carbons (Fsp3) is 0.562. The molecule has 0 aromatic heterocycles. The molecular formula is C16H27ClN2O. The Morgan fingerprint density at radius 3 is 2.25 bits per heavy atom. The van der Waals surface area contributed by atoms with Gasteiger partial charge in [0, 0.05) is 5.56 Å². The highest BCUT2D eigenvalue weighted by Gasteiger charge is 2.08. The van der Waals surface area contributed by atoms with Crippen LogP contribution in [-0.4, -0.2) is 10.9 Å². The number of unbranched alkanes of at least 4 members (excludes halogenated alkanes) is 1. The summed E-state index contributed by atoms with van der Waals surface area (Å²) in [6, 6.07) is 7.30. The smallest absolute Gasteiger partial charge is 0.122 e. The maximum Gasteiger partial charge on any atom is 0.122 e. The molecule has 0 aliphatic heterocycles. The summed E-state index contributed by atoms with van der Waals surface area (Å²) < 4.78 is 0. The molecule has 20 heavy (non-hydrogen) atoms. The van der Waals surface area contributed by atoms with Crippen LogP contribution in [0, 0.1) is 11.3 Å². The fourth-order valence-corrected chi connectivity index (χ4v) is 2.09. The van der Waals surface area contributed by atoms with Crippen LogP contribution in [0.25, 0.3) is 0 Å². The first kappa shape index (κ1) is 18.9. The van der Waals surface area contributed by atoms with Crippen molar-refractivity contribution in [2.75, 3.05) is 0 Å². The fourth-order valence-electron chi connectivity index (χ4n) is 2.09. The SMILES string of the molecule is CCC(C)CCCCC(O)c1ccc(C(=N)N)cc1.Cl. The average Bonchev–Trinajstić information content (AvgIpc) is 2.43. The number of benzene rings is 1. The van der Waals surface area contributed by atoms with Crippen molar-refractivity contribution in [2.24, 2.45) is 11.7 Å². The second kappa shape index (κ2) is 9.78. The Morgan fingerprint density at radius 1 is 1.20 bits per heavy atom. The van der Waals surface area contributed by atoms with E-state index in [1.54, 1.807) is 12.1 Å². The van der Waals surface area contributed by atoms with Crippen LogP contribution < -0.4 is 5.73 Å². The third-order valence-electron chi connectivity index (χ3n) is 3.73. The Hall–Kier alpha value is -1.06. The van der Waals surface area contributed by atoms with Gasteiger partial charge in [-0.05, 0) is 17.9 Å². The van der Waals surface area contributed by atoms with Crippen molar-refractivity contribution in [3.63, 3.8) is 0 Å². The maximum absolute atomic E-state index is 10.1. The van der Waals surface area contributed by atoms with Crippen LogP contribution in [0.4, 0.5) is 0 Å². The van der Waals surface area contributed by atoms with Crippen molar-refractivity contribution in [3.05, 3.63) is 35.4 Å². The van der Waals surface area contributed by atoms with Crippen LogP contribution in [0.3, 0.4) is 0 Å². The predicted octanol–water partition coefficient (Wildman–Crippen LogP) is 4.03. The molecule has 0 aliphatic carbocycles. The molecule has 2 atom stereocenters. The predicted molar refractivity (Wildman–Crippen MR) is 87.6 cm³/mol. The van der Waals surface area contributed by atoms with Gasteiger partial charge in [-0.1, -0.05) is 63.8 Å². The zero-order valence-corrected chi connectivity index (χ0v) is 13.2. The lowest BCUT2D eigenvalue weighted by molar-refractivity contribution is 0.162. The minimum atomic E-state index is -0.405. The number of nitrogens with one attached hydrogen (secondary N) is 1. The average molecular weight is 299 g/mol. The summed E-state index contributed by atoms with van der Waals surface area (Å²) in [5, 5.41) is 17.4. The molecule has 4 heteroatoms. The van der Waals surface area contributed by atoms with Gasteiger partial charge in [0.1, 0.15) is 5.84 Å². The molecule has 0 heterocycles.